The Labute approximate surface area is 209 Å². The molecule has 2 aliphatic rings. The lowest BCUT2D eigenvalue weighted by molar-refractivity contribution is 0.0516. The summed E-state index contributed by atoms with van der Waals surface area (Å²) in [7, 11) is 0. The van der Waals surface area contributed by atoms with E-state index in [9.17, 15) is 19.2 Å². The molecule has 6 rings (SSSR count). The molecule has 0 radical (unpaired) electrons. The quantitative estimate of drug-likeness (QED) is 0.426. The molecule has 0 aliphatic carbocycles. The first-order valence-corrected chi connectivity index (χ1v) is 12.4. The third-order valence-electron chi connectivity index (χ3n) is 6.53. The third kappa shape index (κ3) is 3.75. The van der Waals surface area contributed by atoms with Crippen molar-refractivity contribution >= 4 is 45.9 Å². The van der Waals surface area contributed by atoms with E-state index in [0.29, 0.717) is 37.3 Å². The van der Waals surface area contributed by atoms with E-state index in [2.05, 4.69) is 10.4 Å². The van der Waals surface area contributed by atoms with Gasteiger partial charge in [0.15, 0.2) is 5.76 Å². The molecular formula is C26H20N4O5S. The van der Waals surface area contributed by atoms with Gasteiger partial charge >= 0.3 is 0 Å². The first-order valence-electron chi connectivity index (χ1n) is 11.5. The monoisotopic (exact) mass is 500 g/mol. The van der Waals surface area contributed by atoms with Crippen LogP contribution in [-0.4, -0.2) is 51.6 Å². The van der Waals surface area contributed by atoms with Gasteiger partial charge in [0.25, 0.3) is 23.6 Å². The summed E-state index contributed by atoms with van der Waals surface area (Å²) in [4.78, 5) is 56.9. The number of imide groups is 1. The Balaban J connectivity index is 1.08. The highest BCUT2D eigenvalue weighted by Gasteiger charge is 2.37. The van der Waals surface area contributed by atoms with Crippen LogP contribution in [0, 0.1) is 0 Å². The first kappa shape index (κ1) is 22.2. The number of hydrogen-bond donors (Lipinski definition) is 1. The zero-order chi connectivity index (χ0) is 24.8. The van der Waals surface area contributed by atoms with Crippen LogP contribution in [-0.2, 0) is 0 Å². The van der Waals surface area contributed by atoms with Crippen molar-refractivity contribution in [2.75, 3.05) is 13.1 Å². The Bertz CT molecular complexity index is 1460. The van der Waals surface area contributed by atoms with Crippen molar-refractivity contribution in [2.45, 2.75) is 18.8 Å². The molecule has 0 unspecified atom stereocenters. The van der Waals surface area contributed by atoms with E-state index in [4.69, 9.17) is 4.42 Å². The smallest absolute Gasteiger partial charge is 0.289 e. The Kier molecular flexibility index (Phi) is 5.37. The molecule has 0 saturated carbocycles. The molecule has 2 aromatic carbocycles. The number of hydrazine groups is 1. The summed E-state index contributed by atoms with van der Waals surface area (Å²) in [5.74, 6) is -1.46. The van der Waals surface area contributed by atoms with Crippen LogP contribution in [0.5, 0.6) is 0 Å². The summed E-state index contributed by atoms with van der Waals surface area (Å²) in [6, 6.07) is 15.7. The zero-order valence-electron chi connectivity index (χ0n) is 19.0. The average Bonchev–Trinajstić information content (AvgIpc) is 3.63. The highest BCUT2D eigenvalue weighted by atomic mass is 32.1. The highest BCUT2D eigenvalue weighted by Crippen LogP contribution is 2.31. The van der Waals surface area contributed by atoms with Gasteiger partial charge in [-0.15, -0.1) is 11.3 Å². The van der Waals surface area contributed by atoms with Gasteiger partial charge in [-0.2, -0.15) is 5.01 Å². The van der Waals surface area contributed by atoms with Crippen molar-refractivity contribution in [1.29, 1.82) is 0 Å². The standard InChI is InChI=1S/C26H20N4O5S/c31-22(28-30-24(32)17-6-2-3-7-18(17)25(30)33)19-14-36-23(27-19)15-9-11-29(12-10-15)26(34)21-13-16-5-1-4-8-20(16)35-21/h1-8,13-15H,9-12H2,(H,28,31). The molecule has 1 N–H and O–H groups in total. The molecule has 180 valence electrons. The fourth-order valence-corrected chi connectivity index (χ4v) is 5.57. The molecule has 0 spiro atoms. The molecule has 2 aliphatic heterocycles. The van der Waals surface area contributed by atoms with E-state index in [1.165, 1.54) is 11.3 Å². The Morgan fingerprint density at radius 2 is 1.64 bits per heavy atom. The molecule has 1 fully saturated rings. The maximum Gasteiger partial charge on any atom is 0.289 e. The SMILES string of the molecule is O=C(NN1C(=O)c2ccccc2C1=O)c1csc(C2CCN(C(=O)c3cc4ccccc4o3)CC2)n1. The normalized spacial score (nSPS) is 16.0. The summed E-state index contributed by atoms with van der Waals surface area (Å²) in [6.45, 7) is 1.10. The number of aromatic nitrogens is 1. The maximum absolute atomic E-state index is 12.9. The van der Waals surface area contributed by atoms with Gasteiger partial charge in [0, 0.05) is 29.8 Å². The third-order valence-corrected chi connectivity index (χ3v) is 7.54. The molecule has 2 aromatic heterocycles. The summed E-state index contributed by atoms with van der Waals surface area (Å²) in [5.41, 5.74) is 3.73. The fraction of sp³-hybridized carbons (Fsp3) is 0.192. The van der Waals surface area contributed by atoms with Gasteiger partial charge in [-0.25, -0.2) is 4.98 Å². The lowest BCUT2D eigenvalue weighted by Gasteiger charge is -2.30. The zero-order valence-corrected chi connectivity index (χ0v) is 19.8. The van der Waals surface area contributed by atoms with Crippen molar-refractivity contribution in [3.05, 3.63) is 87.6 Å². The summed E-state index contributed by atoms with van der Waals surface area (Å²) in [5, 5.41) is 4.03. The predicted octanol–water partition coefficient (Wildman–Crippen LogP) is 3.85. The largest absolute Gasteiger partial charge is 0.451 e. The van der Waals surface area contributed by atoms with Crippen LogP contribution >= 0.6 is 11.3 Å². The molecule has 36 heavy (non-hydrogen) atoms. The van der Waals surface area contributed by atoms with Gasteiger partial charge in [-0.1, -0.05) is 30.3 Å². The number of benzene rings is 2. The molecule has 1 saturated heterocycles. The molecule has 4 heterocycles. The van der Waals surface area contributed by atoms with Gasteiger partial charge in [-0.3, -0.25) is 24.6 Å². The molecule has 0 bridgehead atoms. The second-order valence-electron chi connectivity index (χ2n) is 8.72. The van der Waals surface area contributed by atoms with E-state index in [-0.39, 0.29) is 28.6 Å². The highest BCUT2D eigenvalue weighted by molar-refractivity contribution is 7.09. The number of para-hydroxylation sites is 1. The number of piperidine rings is 1. The number of likely N-dealkylation sites (tertiary alicyclic amines) is 1. The van der Waals surface area contributed by atoms with Crippen molar-refractivity contribution < 1.29 is 23.6 Å². The van der Waals surface area contributed by atoms with E-state index < -0.39 is 17.7 Å². The minimum Gasteiger partial charge on any atom is -0.451 e. The Morgan fingerprint density at radius 3 is 2.33 bits per heavy atom. The number of fused-ring (bicyclic) bond motifs is 2. The van der Waals surface area contributed by atoms with Crippen LogP contribution < -0.4 is 5.43 Å². The van der Waals surface area contributed by atoms with Crippen molar-refractivity contribution in [3.63, 3.8) is 0 Å². The topological polar surface area (TPSA) is 113 Å². The van der Waals surface area contributed by atoms with Crippen molar-refractivity contribution in [3.8, 4) is 0 Å². The van der Waals surface area contributed by atoms with Gasteiger partial charge in [-0.05, 0) is 37.1 Å². The van der Waals surface area contributed by atoms with Crippen LogP contribution in [0.25, 0.3) is 11.0 Å². The molecule has 0 atom stereocenters. The molecule has 4 aromatic rings. The Morgan fingerprint density at radius 1 is 0.972 bits per heavy atom. The van der Waals surface area contributed by atoms with E-state index in [0.717, 1.165) is 15.4 Å². The van der Waals surface area contributed by atoms with E-state index >= 15 is 0 Å². The second-order valence-corrected chi connectivity index (χ2v) is 9.61. The number of thiazole rings is 1. The summed E-state index contributed by atoms with van der Waals surface area (Å²) >= 11 is 1.36. The Hall–Kier alpha value is -4.31. The molecule has 10 heteroatoms. The number of hydrogen-bond acceptors (Lipinski definition) is 7. The minimum atomic E-state index is -0.621. The van der Waals surface area contributed by atoms with E-state index in [1.807, 2.05) is 24.3 Å². The number of amides is 4. The number of rotatable bonds is 4. The molecule has 4 amide bonds. The van der Waals surface area contributed by atoms with Gasteiger partial charge in [0.05, 0.1) is 16.1 Å². The van der Waals surface area contributed by atoms with Crippen LogP contribution in [0.4, 0.5) is 0 Å². The summed E-state index contributed by atoms with van der Waals surface area (Å²) < 4.78 is 5.72. The van der Waals surface area contributed by atoms with E-state index in [1.54, 1.807) is 40.6 Å². The van der Waals surface area contributed by atoms with Crippen LogP contribution in [0.3, 0.4) is 0 Å². The lowest BCUT2D eigenvalue weighted by atomic mass is 9.97. The van der Waals surface area contributed by atoms with Crippen LogP contribution in [0.2, 0.25) is 0 Å². The number of nitrogens with zero attached hydrogens (tertiary/aromatic N) is 3. The van der Waals surface area contributed by atoms with Crippen molar-refractivity contribution in [1.82, 2.24) is 20.3 Å². The molecule has 9 nitrogen and oxygen atoms in total. The molecular weight excluding hydrogens is 480 g/mol. The number of carbonyl (C=O) groups is 4. The first-order chi connectivity index (χ1) is 17.5. The fourth-order valence-electron chi connectivity index (χ4n) is 4.60. The van der Waals surface area contributed by atoms with Crippen LogP contribution in [0.1, 0.15) is 65.5 Å². The van der Waals surface area contributed by atoms with Crippen LogP contribution in [0.15, 0.2) is 64.4 Å². The van der Waals surface area contributed by atoms with Gasteiger partial charge in [0.1, 0.15) is 11.3 Å². The minimum absolute atomic E-state index is 0.107. The number of furan rings is 1. The number of carbonyl (C=O) groups excluding carboxylic acids is 4. The average molecular weight is 501 g/mol. The lowest BCUT2D eigenvalue weighted by Crippen LogP contribution is -2.46. The van der Waals surface area contributed by atoms with Gasteiger partial charge in [0.2, 0.25) is 0 Å². The second kappa shape index (κ2) is 8.72. The number of nitrogens with one attached hydrogen (secondary N) is 1. The predicted molar refractivity (Wildman–Crippen MR) is 131 cm³/mol. The van der Waals surface area contributed by atoms with Gasteiger partial charge < -0.3 is 9.32 Å². The summed E-state index contributed by atoms with van der Waals surface area (Å²) in [6.07, 6.45) is 1.41. The maximum atomic E-state index is 12.9. The van der Waals surface area contributed by atoms with Crippen molar-refractivity contribution in [2.24, 2.45) is 0 Å².